The molecule has 0 N–H and O–H groups in total. The molecule has 0 amide bonds. The second kappa shape index (κ2) is 4.47. The molecule has 0 unspecified atom stereocenters. The van der Waals surface area contributed by atoms with Crippen molar-refractivity contribution in [3.8, 4) is 0 Å². The monoisotopic (exact) mass is 259 g/mol. The summed E-state index contributed by atoms with van der Waals surface area (Å²) >= 11 is 0. The fourth-order valence-corrected chi connectivity index (χ4v) is 2.60. The van der Waals surface area contributed by atoms with Gasteiger partial charge in [-0.3, -0.25) is 4.68 Å². The number of fused-ring (bicyclic) bond motifs is 1. The Bertz CT molecular complexity index is 608. The van der Waals surface area contributed by atoms with Crippen molar-refractivity contribution in [3.63, 3.8) is 0 Å². The first-order valence-electron chi connectivity index (χ1n) is 7.11. The minimum atomic E-state index is 0.568. The highest BCUT2D eigenvalue weighted by Crippen LogP contribution is 2.40. The zero-order valence-corrected chi connectivity index (χ0v) is 12.1. The lowest BCUT2D eigenvalue weighted by Crippen LogP contribution is -2.24. The molecule has 1 saturated carbocycles. The Hall–Kier alpha value is -1.65. The number of aryl methyl sites for hydroxylation is 2. The van der Waals surface area contributed by atoms with Gasteiger partial charge >= 0.3 is 0 Å². The van der Waals surface area contributed by atoms with E-state index in [4.69, 9.17) is 9.97 Å². The molecule has 3 rings (SSSR count). The summed E-state index contributed by atoms with van der Waals surface area (Å²) in [6, 6.07) is 0. The molecule has 1 fully saturated rings. The standard InChI is InChI=1S/C14H21N5/c1-5-19(6-2)14-12-11(9(3)17-18(12)4)15-13(16-14)10-7-8-10/h10H,5-8H2,1-4H3. The molecular formula is C14H21N5. The molecule has 2 heterocycles. The van der Waals surface area contributed by atoms with Gasteiger partial charge in [-0.15, -0.1) is 0 Å². The van der Waals surface area contributed by atoms with E-state index in [2.05, 4.69) is 23.8 Å². The quantitative estimate of drug-likeness (QED) is 0.846. The maximum Gasteiger partial charge on any atom is 0.158 e. The minimum absolute atomic E-state index is 0.568. The van der Waals surface area contributed by atoms with E-state index in [0.29, 0.717) is 5.92 Å². The van der Waals surface area contributed by atoms with Gasteiger partial charge in [-0.05, 0) is 33.6 Å². The number of rotatable bonds is 4. The van der Waals surface area contributed by atoms with Crippen LogP contribution in [0.3, 0.4) is 0 Å². The molecule has 0 radical (unpaired) electrons. The first-order valence-corrected chi connectivity index (χ1v) is 7.11. The molecule has 102 valence electrons. The number of aromatic nitrogens is 4. The van der Waals surface area contributed by atoms with Crippen molar-refractivity contribution in [1.29, 1.82) is 0 Å². The van der Waals surface area contributed by atoms with Gasteiger partial charge in [-0.2, -0.15) is 5.10 Å². The Morgan fingerprint density at radius 2 is 1.89 bits per heavy atom. The molecule has 2 aromatic heterocycles. The van der Waals surface area contributed by atoms with E-state index in [1.807, 2.05) is 18.7 Å². The predicted octanol–water partition coefficient (Wildman–Crippen LogP) is 2.40. The third kappa shape index (κ3) is 1.97. The predicted molar refractivity (Wildman–Crippen MR) is 76.6 cm³/mol. The van der Waals surface area contributed by atoms with Gasteiger partial charge in [0, 0.05) is 26.1 Å². The van der Waals surface area contributed by atoms with Gasteiger partial charge in [0.05, 0.1) is 5.69 Å². The molecule has 2 aromatic rings. The molecular weight excluding hydrogens is 238 g/mol. The first-order chi connectivity index (χ1) is 9.15. The van der Waals surface area contributed by atoms with Gasteiger partial charge in [-0.1, -0.05) is 0 Å². The summed E-state index contributed by atoms with van der Waals surface area (Å²) in [5, 5.41) is 4.51. The third-order valence-electron chi connectivity index (χ3n) is 3.85. The van der Waals surface area contributed by atoms with E-state index < -0.39 is 0 Å². The summed E-state index contributed by atoms with van der Waals surface area (Å²) in [6.07, 6.45) is 2.45. The van der Waals surface area contributed by atoms with Crippen LogP contribution in [0.4, 0.5) is 5.82 Å². The van der Waals surface area contributed by atoms with Crippen LogP contribution >= 0.6 is 0 Å². The summed E-state index contributed by atoms with van der Waals surface area (Å²) in [7, 11) is 1.97. The van der Waals surface area contributed by atoms with Crippen LogP contribution in [-0.4, -0.2) is 32.8 Å². The fraction of sp³-hybridized carbons (Fsp3) is 0.643. The summed E-state index contributed by atoms with van der Waals surface area (Å²) in [6.45, 7) is 8.26. The van der Waals surface area contributed by atoms with Crippen LogP contribution < -0.4 is 4.90 Å². The van der Waals surface area contributed by atoms with Crippen LogP contribution in [0, 0.1) is 6.92 Å². The Labute approximate surface area is 113 Å². The molecule has 1 aliphatic carbocycles. The molecule has 5 nitrogen and oxygen atoms in total. The van der Waals surface area contributed by atoms with Crippen molar-refractivity contribution in [1.82, 2.24) is 19.7 Å². The minimum Gasteiger partial charge on any atom is -0.355 e. The van der Waals surface area contributed by atoms with Crippen molar-refractivity contribution < 1.29 is 0 Å². The SMILES string of the molecule is CCN(CC)c1nc(C2CC2)nc2c(C)nn(C)c12. The molecule has 0 atom stereocenters. The zero-order chi connectivity index (χ0) is 13.6. The third-order valence-corrected chi connectivity index (χ3v) is 3.85. The van der Waals surface area contributed by atoms with Crippen molar-refractivity contribution in [2.45, 2.75) is 39.5 Å². The van der Waals surface area contributed by atoms with E-state index in [1.165, 1.54) is 12.8 Å². The van der Waals surface area contributed by atoms with Gasteiger partial charge in [0.2, 0.25) is 0 Å². The van der Waals surface area contributed by atoms with Gasteiger partial charge in [0.25, 0.3) is 0 Å². The number of anilines is 1. The average molecular weight is 259 g/mol. The lowest BCUT2D eigenvalue weighted by Gasteiger charge is -2.21. The van der Waals surface area contributed by atoms with E-state index in [0.717, 1.165) is 41.5 Å². The van der Waals surface area contributed by atoms with Crippen LogP contribution in [0.1, 0.15) is 44.1 Å². The molecule has 5 heteroatoms. The Morgan fingerprint density at radius 1 is 1.21 bits per heavy atom. The van der Waals surface area contributed by atoms with Crippen LogP contribution in [-0.2, 0) is 7.05 Å². The lowest BCUT2D eigenvalue weighted by atomic mass is 10.3. The summed E-state index contributed by atoms with van der Waals surface area (Å²) < 4.78 is 1.91. The van der Waals surface area contributed by atoms with Gasteiger partial charge < -0.3 is 4.90 Å². The molecule has 0 aromatic carbocycles. The maximum atomic E-state index is 4.83. The van der Waals surface area contributed by atoms with Crippen molar-refractivity contribution in [3.05, 3.63) is 11.5 Å². The zero-order valence-electron chi connectivity index (χ0n) is 12.1. The lowest BCUT2D eigenvalue weighted by molar-refractivity contribution is 0.770. The highest BCUT2D eigenvalue weighted by molar-refractivity contribution is 5.88. The highest BCUT2D eigenvalue weighted by Gasteiger charge is 2.29. The maximum absolute atomic E-state index is 4.83. The second-order valence-electron chi connectivity index (χ2n) is 5.26. The van der Waals surface area contributed by atoms with E-state index in [-0.39, 0.29) is 0 Å². The molecule has 1 aliphatic rings. The van der Waals surface area contributed by atoms with Gasteiger partial charge in [0.15, 0.2) is 5.82 Å². The van der Waals surface area contributed by atoms with Crippen molar-refractivity contribution >= 4 is 16.9 Å². The van der Waals surface area contributed by atoms with E-state index in [1.54, 1.807) is 0 Å². The smallest absolute Gasteiger partial charge is 0.158 e. The van der Waals surface area contributed by atoms with E-state index in [9.17, 15) is 0 Å². The summed E-state index contributed by atoms with van der Waals surface area (Å²) in [5.41, 5.74) is 3.07. The van der Waals surface area contributed by atoms with Crippen LogP contribution in [0.25, 0.3) is 11.0 Å². The number of nitrogens with zero attached hydrogens (tertiary/aromatic N) is 5. The Balaban J connectivity index is 2.26. The molecule has 0 spiro atoms. The topological polar surface area (TPSA) is 46.8 Å². The van der Waals surface area contributed by atoms with Gasteiger partial charge in [0.1, 0.15) is 16.9 Å². The highest BCUT2D eigenvalue weighted by atomic mass is 15.3. The Kier molecular flexibility index (Phi) is 2.92. The fourth-order valence-electron chi connectivity index (χ4n) is 2.60. The summed E-state index contributed by atoms with van der Waals surface area (Å²) in [4.78, 5) is 11.9. The Morgan fingerprint density at radius 3 is 2.47 bits per heavy atom. The van der Waals surface area contributed by atoms with Crippen molar-refractivity contribution in [2.75, 3.05) is 18.0 Å². The van der Waals surface area contributed by atoms with Crippen LogP contribution in [0.2, 0.25) is 0 Å². The molecule has 19 heavy (non-hydrogen) atoms. The molecule has 0 aliphatic heterocycles. The van der Waals surface area contributed by atoms with Crippen molar-refractivity contribution in [2.24, 2.45) is 7.05 Å². The van der Waals surface area contributed by atoms with Gasteiger partial charge in [-0.25, -0.2) is 9.97 Å². The molecule has 0 bridgehead atoms. The van der Waals surface area contributed by atoms with E-state index >= 15 is 0 Å². The number of hydrogen-bond donors (Lipinski definition) is 0. The largest absolute Gasteiger partial charge is 0.355 e. The molecule has 0 saturated heterocycles. The summed E-state index contributed by atoms with van der Waals surface area (Å²) in [5.74, 6) is 2.61. The average Bonchev–Trinajstić information content (AvgIpc) is 3.19. The second-order valence-corrected chi connectivity index (χ2v) is 5.26. The van der Waals surface area contributed by atoms with Crippen LogP contribution in [0.15, 0.2) is 0 Å². The first kappa shape index (κ1) is 12.4. The van der Waals surface area contributed by atoms with Crippen LogP contribution in [0.5, 0.6) is 0 Å². The number of hydrogen-bond acceptors (Lipinski definition) is 4. The normalized spacial score (nSPS) is 15.2.